The Labute approximate surface area is 108 Å². The molecule has 19 heavy (non-hydrogen) atoms. The number of nitrogen functional groups attached to an aromatic ring is 1. The molecule has 1 aromatic rings. The molecule has 0 aliphatic carbocycles. The second kappa shape index (κ2) is 4.42. The van der Waals surface area contributed by atoms with Crippen LogP contribution in [0.25, 0.3) is 0 Å². The molecule has 1 atom stereocenters. The Balaban J connectivity index is 2.45. The van der Waals surface area contributed by atoms with Crippen LogP contribution in [-0.4, -0.2) is 26.1 Å². The molecule has 1 saturated heterocycles. The molecule has 1 aliphatic rings. The Morgan fingerprint density at radius 3 is 2.47 bits per heavy atom. The number of nitrogens with two attached hydrogens (primary N) is 2. The molecule has 104 valence electrons. The largest absolute Gasteiger partial charge is 0.397 e. The van der Waals surface area contributed by atoms with Gasteiger partial charge in [0.05, 0.1) is 5.69 Å². The van der Waals surface area contributed by atoms with Gasteiger partial charge in [0.15, 0.2) is 11.6 Å². The summed E-state index contributed by atoms with van der Waals surface area (Å²) in [4.78, 5) is 12.5. The lowest BCUT2D eigenvalue weighted by Crippen LogP contribution is -2.32. The molecule has 4 N–H and O–H groups in total. The van der Waals surface area contributed by atoms with Gasteiger partial charge in [0.2, 0.25) is 15.9 Å². The van der Waals surface area contributed by atoms with Crippen LogP contribution in [0.15, 0.2) is 12.1 Å². The van der Waals surface area contributed by atoms with Crippen LogP contribution < -0.4 is 15.8 Å². The van der Waals surface area contributed by atoms with Crippen LogP contribution in [0.5, 0.6) is 0 Å². The number of hydrogen-bond donors (Lipinski definition) is 2. The van der Waals surface area contributed by atoms with E-state index in [1.54, 1.807) is 0 Å². The molecule has 1 heterocycles. The Morgan fingerprint density at radius 2 is 1.95 bits per heavy atom. The van der Waals surface area contributed by atoms with Crippen molar-refractivity contribution < 1.29 is 22.0 Å². The van der Waals surface area contributed by atoms with E-state index in [0.29, 0.717) is 0 Å². The maximum atomic E-state index is 13.7. The first-order valence-electron chi connectivity index (χ1n) is 5.27. The van der Waals surface area contributed by atoms with Gasteiger partial charge in [-0.05, 0) is 12.1 Å². The van der Waals surface area contributed by atoms with E-state index in [1.807, 2.05) is 0 Å². The van der Waals surface area contributed by atoms with Gasteiger partial charge in [-0.2, -0.15) is 0 Å². The lowest BCUT2D eigenvalue weighted by atomic mass is 10.2. The predicted molar refractivity (Wildman–Crippen MR) is 64.6 cm³/mol. The molecule has 0 radical (unpaired) electrons. The van der Waals surface area contributed by atoms with E-state index in [1.165, 1.54) is 0 Å². The molecule has 1 aromatic carbocycles. The first kappa shape index (κ1) is 13.7. The average molecular weight is 291 g/mol. The summed E-state index contributed by atoms with van der Waals surface area (Å²) in [6, 6.07) is 1.93. The Morgan fingerprint density at radius 1 is 1.32 bits per heavy atom. The van der Waals surface area contributed by atoms with Crippen molar-refractivity contribution in [2.75, 3.05) is 17.2 Å². The minimum Gasteiger partial charge on any atom is -0.397 e. The third-order valence-corrected chi connectivity index (χ3v) is 4.17. The number of rotatable bonds is 2. The summed E-state index contributed by atoms with van der Waals surface area (Å²) in [7, 11) is -3.93. The van der Waals surface area contributed by atoms with E-state index in [4.69, 9.17) is 10.9 Å². The molecular weight excluding hydrogens is 280 g/mol. The van der Waals surface area contributed by atoms with Crippen molar-refractivity contribution in [1.82, 2.24) is 0 Å². The summed E-state index contributed by atoms with van der Waals surface area (Å²) < 4.78 is 49.2. The van der Waals surface area contributed by atoms with E-state index < -0.39 is 38.5 Å². The fraction of sp³-hybridized carbons (Fsp3) is 0.300. The first-order chi connectivity index (χ1) is 8.71. The van der Waals surface area contributed by atoms with E-state index in [2.05, 4.69) is 0 Å². The third-order valence-electron chi connectivity index (χ3n) is 2.92. The van der Waals surface area contributed by atoms with E-state index in [9.17, 15) is 22.0 Å². The van der Waals surface area contributed by atoms with Gasteiger partial charge >= 0.3 is 0 Å². The molecule has 2 rings (SSSR count). The number of anilines is 2. The Bertz CT molecular complexity index is 648. The molecule has 6 nitrogen and oxygen atoms in total. The molecule has 0 bridgehead atoms. The zero-order valence-electron chi connectivity index (χ0n) is 9.64. The summed E-state index contributed by atoms with van der Waals surface area (Å²) in [6.45, 7) is -0.345. The molecule has 0 aromatic heterocycles. The Hall–Kier alpha value is -1.74. The molecular formula is C10H11F2N3O3S. The van der Waals surface area contributed by atoms with Crippen LogP contribution in [0.2, 0.25) is 0 Å². The highest BCUT2D eigenvalue weighted by atomic mass is 32.2. The van der Waals surface area contributed by atoms with Gasteiger partial charge in [-0.15, -0.1) is 0 Å². The van der Waals surface area contributed by atoms with Crippen molar-refractivity contribution in [1.29, 1.82) is 0 Å². The summed E-state index contributed by atoms with van der Waals surface area (Å²) in [5.74, 6) is -3.13. The second-order valence-corrected chi connectivity index (χ2v) is 6.06. The van der Waals surface area contributed by atoms with E-state index in [-0.39, 0.29) is 18.7 Å². The number of amides is 1. The van der Waals surface area contributed by atoms with E-state index >= 15 is 0 Å². The van der Waals surface area contributed by atoms with Gasteiger partial charge in [0, 0.05) is 13.0 Å². The molecule has 9 heteroatoms. The SMILES string of the molecule is Nc1ccc(F)c(F)c1N1CC(S(N)(=O)=O)CC1=O. The molecule has 1 aliphatic heterocycles. The van der Waals surface area contributed by atoms with Gasteiger partial charge in [-0.1, -0.05) is 0 Å². The number of primary sulfonamides is 1. The number of benzene rings is 1. The smallest absolute Gasteiger partial charge is 0.228 e. The van der Waals surface area contributed by atoms with Gasteiger partial charge < -0.3 is 10.6 Å². The van der Waals surface area contributed by atoms with Crippen LogP contribution >= 0.6 is 0 Å². The van der Waals surface area contributed by atoms with Crippen LogP contribution in [0.4, 0.5) is 20.2 Å². The van der Waals surface area contributed by atoms with Crippen LogP contribution in [0.1, 0.15) is 6.42 Å². The van der Waals surface area contributed by atoms with Gasteiger partial charge in [-0.25, -0.2) is 22.3 Å². The lowest BCUT2D eigenvalue weighted by Gasteiger charge is -2.19. The van der Waals surface area contributed by atoms with Crippen LogP contribution in [-0.2, 0) is 14.8 Å². The normalized spacial score (nSPS) is 20.1. The monoisotopic (exact) mass is 291 g/mol. The van der Waals surface area contributed by atoms with Crippen molar-refractivity contribution in [3.63, 3.8) is 0 Å². The highest BCUT2D eigenvalue weighted by Crippen LogP contribution is 2.32. The minimum absolute atomic E-state index is 0.151. The van der Waals surface area contributed by atoms with Crippen LogP contribution in [0.3, 0.4) is 0 Å². The lowest BCUT2D eigenvalue weighted by molar-refractivity contribution is -0.117. The van der Waals surface area contributed by atoms with Gasteiger partial charge in [-0.3, -0.25) is 4.79 Å². The topological polar surface area (TPSA) is 106 Å². The first-order valence-corrected chi connectivity index (χ1v) is 6.88. The van der Waals surface area contributed by atoms with Crippen LogP contribution in [0, 0.1) is 11.6 Å². The predicted octanol–water partition coefficient (Wildman–Crippen LogP) is -0.0592. The van der Waals surface area contributed by atoms with Crippen molar-refractivity contribution in [3.05, 3.63) is 23.8 Å². The van der Waals surface area contributed by atoms with Gasteiger partial charge in [0.25, 0.3) is 0 Å². The zero-order valence-corrected chi connectivity index (χ0v) is 10.5. The minimum atomic E-state index is -3.93. The summed E-state index contributed by atoms with van der Waals surface area (Å²) in [6.07, 6.45) is -0.381. The van der Waals surface area contributed by atoms with Gasteiger partial charge in [0.1, 0.15) is 10.9 Å². The van der Waals surface area contributed by atoms with E-state index in [0.717, 1.165) is 17.0 Å². The van der Waals surface area contributed by atoms with Crippen molar-refractivity contribution in [2.24, 2.45) is 5.14 Å². The van der Waals surface area contributed by atoms with Crippen molar-refractivity contribution in [2.45, 2.75) is 11.7 Å². The number of hydrogen-bond acceptors (Lipinski definition) is 4. The molecule has 0 spiro atoms. The quantitative estimate of drug-likeness (QED) is 0.744. The molecule has 0 saturated carbocycles. The maximum absolute atomic E-state index is 13.7. The van der Waals surface area contributed by atoms with Crippen molar-refractivity contribution >= 4 is 27.3 Å². The summed E-state index contributed by atoms with van der Waals surface area (Å²) in [5.41, 5.74) is 4.91. The number of carbonyl (C=O) groups is 1. The fourth-order valence-electron chi connectivity index (χ4n) is 1.94. The average Bonchev–Trinajstić information content (AvgIpc) is 2.67. The summed E-state index contributed by atoms with van der Waals surface area (Å²) in [5, 5.41) is 3.79. The van der Waals surface area contributed by atoms with Crippen molar-refractivity contribution in [3.8, 4) is 0 Å². The molecule has 1 amide bonds. The highest BCUT2D eigenvalue weighted by Gasteiger charge is 2.39. The number of halogens is 2. The maximum Gasteiger partial charge on any atom is 0.228 e. The number of nitrogens with zero attached hydrogens (tertiary/aromatic N) is 1. The standard InChI is InChI=1S/C10H11F2N3O3S/c11-6-1-2-7(13)10(9(6)12)15-4-5(3-8(15)16)19(14,17)18/h1-2,5H,3-4,13H2,(H2,14,17,18). The molecule has 1 unspecified atom stereocenters. The zero-order chi connectivity index (χ0) is 14.4. The Kier molecular flexibility index (Phi) is 3.19. The highest BCUT2D eigenvalue weighted by molar-refractivity contribution is 7.89. The number of sulfonamides is 1. The number of carbonyl (C=O) groups excluding carboxylic acids is 1. The molecule has 1 fully saturated rings. The second-order valence-electron chi connectivity index (χ2n) is 4.22. The fourth-order valence-corrected chi connectivity index (χ4v) is 2.67. The summed E-state index contributed by atoms with van der Waals surface area (Å²) >= 11 is 0. The third kappa shape index (κ3) is 2.38.